The third kappa shape index (κ3) is 2.35. The Bertz CT molecular complexity index is 626. The van der Waals surface area contributed by atoms with Crippen LogP contribution >= 0.6 is 0 Å². The van der Waals surface area contributed by atoms with Crippen LogP contribution < -0.4 is 5.73 Å². The quantitative estimate of drug-likeness (QED) is 0.878. The molecule has 2 nitrogen and oxygen atoms in total. The summed E-state index contributed by atoms with van der Waals surface area (Å²) in [7, 11) is 0. The Labute approximate surface area is 114 Å². The van der Waals surface area contributed by atoms with E-state index in [2.05, 4.69) is 33.8 Å². The number of rotatable bonds is 3. The third-order valence-corrected chi connectivity index (χ3v) is 3.57. The van der Waals surface area contributed by atoms with Crippen LogP contribution in [-0.2, 0) is 0 Å². The van der Waals surface area contributed by atoms with Gasteiger partial charge >= 0.3 is 0 Å². The number of carbonyl (C=O) groups excluding carboxylic acids is 1. The molecule has 0 bridgehead atoms. The van der Waals surface area contributed by atoms with Gasteiger partial charge in [-0.3, -0.25) is 4.79 Å². The molecule has 2 heteroatoms. The first kappa shape index (κ1) is 13.6. The lowest BCUT2D eigenvalue weighted by atomic mass is 9.83. The standard InChI is InChI=1S/C17H21NO/c1-10(2)14-9-12-7-5-6-8-13(12)16(17(18)19)15(14)11(3)4/h5-11H,1-4H3,(H2,18,19). The molecule has 2 aromatic carbocycles. The maximum absolute atomic E-state index is 11.9. The van der Waals surface area contributed by atoms with Gasteiger partial charge in [-0.05, 0) is 33.7 Å². The van der Waals surface area contributed by atoms with E-state index >= 15 is 0 Å². The summed E-state index contributed by atoms with van der Waals surface area (Å²) in [6.45, 7) is 8.53. The lowest BCUT2D eigenvalue weighted by Crippen LogP contribution is -2.17. The highest BCUT2D eigenvalue weighted by Crippen LogP contribution is 2.34. The molecule has 2 N–H and O–H groups in total. The predicted molar refractivity (Wildman–Crippen MR) is 80.6 cm³/mol. The molecule has 1 amide bonds. The van der Waals surface area contributed by atoms with Gasteiger partial charge in [0.15, 0.2) is 0 Å². The molecule has 0 aliphatic heterocycles. The highest BCUT2D eigenvalue weighted by Gasteiger charge is 2.20. The lowest BCUT2D eigenvalue weighted by molar-refractivity contribution is 0.100. The minimum absolute atomic E-state index is 0.282. The van der Waals surface area contributed by atoms with Crippen LogP contribution in [0.1, 0.15) is 61.0 Å². The van der Waals surface area contributed by atoms with Crippen LogP contribution in [0.25, 0.3) is 10.8 Å². The maximum Gasteiger partial charge on any atom is 0.249 e. The predicted octanol–water partition coefficient (Wildman–Crippen LogP) is 4.19. The number of amides is 1. The van der Waals surface area contributed by atoms with Crippen molar-refractivity contribution in [3.63, 3.8) is 0 Å². The number of benzene rings is 2. The van der Waals surface area contributed by atoms with Crippen molar-refractivity contribution in [1.29, 1.82) is 0 Å². The van der Waals surface area contributed by atoms with Crippen LogP contribution in [0.3, 0.4) is 0 Å². The van der Waals surface area contributed by atoms with Gasteiger partial charge in [-0.15, -0.1) is 0 Å². The largest absolute Gasteiger partial charge is 0.366 e. The molecule has 0 heterocycles. The first-order chi connectivity index (χ1) is 8.93. The number of carbonyl (C=O) groups is 1. The molecular weight excluding hydrogens is 234 g/mol. The molecule has 0 saturated heterocycles. The summed E-state index contributed by atoms with van der Waals surface area (Å²) in [5.41, 5.74) is 8.66. The number of hydrogen-bond donors (Lipinski definition) is 1. The van der Waals surface area contributed by atoms with Crippen molar-refractivity contribution in [2.24, 2.45) is 5.73 Å². The number of fused-ring (bicyclic) bond motifs is 1. The fourth-order valence-electron chi connectivity index (χ4n) is 2.75. The first-order valence-electron chi connectivity index (χ1n) is 6.78. The van der Waals surface area contributed by atoms with E-state index < -0.39 is 0 Å². The van der Waals surface area contributed by atoms with Crippen molar-refractivity contribution < 1.29 is 4.79 Å². The average molecular weight is 255 g/mol. The van der Waals surface area contributed by atoms with E-state index in [-0.39, 0.29) is 11.8 Å². The third-order valence-electron chi connectivity index (χ3n) is 3.57. The summed E-state index contributed by atoms with van der Waals surface area (Å²) in [5, 5.41) is 2.05. The van der Waals surface area contributed by atoms with Crippen molar-refractivity contribution in [2.45, 2.75) is 39.5 Å². The van der Waals surface area contributed by atoms with Crippen LogP contribution in [0.15, 0.2) is 30.3 Å². The van der Waals surface area contributed by atoms with E-state index in [4.69, 9.17) is 5.73 Å². The van der Waals surface area contributed by atoms with E-state index in [1.165, 1.54) is 5.56 Å². The van der Waals surface area contributed by atoms with Gasteiger partial charge in [0.1, 0.15) is 0 Å². The molecule has 0 fully saturated rings. The van der Waals surface area contributed by atoms with Crippen LogP contribution in [0.5, 0.6) is 0 Å². The SMILES string of the molecule is CC(C)c1cc2ccccc2c(C(N)=O)c1C(C)C. The summed E-state index contributed by atoms with van der Waals surface area (Å²) in [6.07, 6.45) is 0. The molecule has 0 aromatic heterocycles. The van der Waals surface area contributed by atoms with Crippen molar-refractivity contribution in [1.82, 2.24) is 0 Å². The van der Waals surface area contributed by atoms with Gasteiger partial charge in [0.2, 0.25) is 5.91 Å². The Hall–Kier alpha value is -1.83. The molecule has 0 saturated carbocycles. The van der Waals surface area contributed by atoms with Crippen LogP contribution in [0.4, 0.5) is 0 Å². The van der Waals surface area contributed by atoms with E-state index in [1.54, 1.807) is 0 Å². The second-order valence-corrected chi connectivity index (χ2v) is 5.65. The summed E-state index contributed by atoms with van der Waals surface area (Å²) < 4.78 is 0. The second-order valence-electron chi connectivity index (χ2n) is 5.65. The van der Waals surface area contributed by atoms with Gasteiger partial charge in [0.05, 0.1) is 5.56 Å². The lowest BCUT2D eigenvalue weighted by Gasteiger charge is -2.21. The summed E-state index contributed by atoms with van der Waals surface area (Å²) in [5.74, 6) is 0.326. The van der Waals surface area contributed by atoms with E-state index in [1.807, 2.05) is 24.3 Å². The summed E-state index contributed by atoms with van der Waals surface area (Å²) >= 11 is 0. The van der Waals surface area contributed by atoms with Crippen LogP contribution in [-0.4, -0.2) is 5.91 Å². The van der Waals surface area contributed by atoms with Crippen LogP contribution in [0, 0.1) is 0 Å². The Morgan fingerprint density at radius 3 is 2.21 bits per heavy atom. The smallest absolute Gasteiger partial charge is 0.249 e. The van der Waals surface area contributed by atoms with Crippen LogP contribution in [0.2, 0.25) is 0 Å². The van der Waals surface area contributed by atoms with Gasteiger partial charge in [-0.25, -0.2) is 0 Å². The fourth-order valence-corrected chi connectivity index (χ4v) is 2.75. The Morgan fingerprint density at radius 2 is 1.68 bits per heavy atom. The molecular formula is C17H21NO. The molecule has 0 aliphatic carbocycles. The topological polar surface area (TPSA) is 43.1 Å². The van der Waals surface area contributed by atoms with Gasteiger partial charge in [-0.2, -0.15) is 0 Å². The van der Waals surface area contributed by atoms with Gasteiger partial charge in [-0.1, -0.05) is 58.0 Å². The van der Waals surface area contributed by atoms with Crippen molar-refractivity contribution in [2.75, 3.05) is 0 Å². The molecule has 0 radical (unpaired) electrons. The monoisotopic (exact) mass is 255 g/mol. The van der Waals surface area contributed by atoms with E-state index in [9.17, 15) is 4.79 Å². The van der Waals surface area contributed by atoms with Crippen molar-refractivity contribution in [3.05, 3.63) is 47.0 Å². The number of nitrogens with two attached hydrogens (primary N) is 1. The Morgan fingerprint density at radius 1 is 1.05 bits per heavy atom. The molecule has 100 valence electrons. The van der Waals surface area contributed by atoms with Crippen molar-refractivity contribution in [3.8, 4) is 0 Å². The zero-order valence-electron chi connectivity index (χ0n) is 12.0. The molecule has 19 heavy (non-hydrogen) atoms. The van der Waals surface area contributed by atoms with Crippen molar-refractivity contribution >= 4 is 16.7 Å². The highest BCUT2D eigenvalue weighted by molar-refractivity contribution is 6.08. The van der Waals surface area contributed by atoms with Gasteiger partial charge in [0, 0.05) is 0 Å². The zero-order chi connectivity index (χ0) is 14.2. The molecule has 2 rings (SSSR count). The maximum atomic E-state index is 11.9. The highest BCUT2D eigenvalue weighted by atomic mass is 16.1. The van der Waals surface area contributed by atoms with E-state index in [0.717, 1.165) is 16.3 Å². The molecule has 0 aliphatic rings. The molecule has 0 unspecified atom stereocenters. The number of hydrogen-bond acceptors (Lipinski definition) is 1. The second kappa shape index (κ2) is 5.04. The normalized spacial score (nSPS) is 11.5. The Balaban J connectivity index is 2.96. The van der Waals surface area contributed by atoms with Gasteiger partial charge < -0.3 is 5.73 Å². The van der Waals surface area contributed by atoms with Gasteiger partial charge in [0.25, 0.3) is 0 Å². The summed E-state index contributed by atoms with van der Waals surface area (Å²) in [4.78, 5) is 11.9. The van der Waals surface area contributed by atoms with E-state index in [0.29, 0.717) is 11.5 Å². The molecule has 0 spiro atoms. The summed E-state index contributed by atoms with van der Waals surface area (Å²) in [6, 6.07) is 10.2. The average Bonchev–Trinajstić information content (AvgIpc) is 2.35. The fraction of sp³-hybridized carbons (Fsp3) is 0.353. The molecule has 0 atom stereocenters. The molecule has 2 aromatic rings. The zero-order valence-corrected chi connectivity index (χ0v) is 12.0. The Kier molecular flexibility index (Phi) is 3.61. The minimum atomic E-state index is -0.331. The first-order valence-corrected chi connectivity index (χ1v) is 6.78. The minimum Gasteiger partial charge on any atom is -0.366 e. The number of primary amides is 1.